The Morgan fingerprint density at radius 1 is 1.18 bits per heavy atom. The number of hydrogen-bond acceptors (Lipinski definition) is 6. The molecule has 2 aliphatic rings. The lowest BCUT2D eigenvalue weighted by Gasteiger charge is -2.26. The second-order valence-corrected chi connectivity index (χ2v) is 10.4. The maximum absolute atomic E-state index is 11.1. The maximum atomic E-state index is 11.1. The predicted molar refractivity (Wildman–Crippen MR) is 128 cm³/mol. The van der Waals surface area contributed by atoms with Crippen LogP contribution in [0.3, 0.4) is 0 Å². The molecule has 1 aliphatic heterocycles. The molecule has 2 N–H and O–H groups in total. The van der Waals surface area contributed by atoms with Crippen LogP contribution in [0.25, 0.3) is 21.9 Å². The van der Waals surface area contributed by atoms with Gasteiger partial charge < -0.3 is 19.5 Å². The van der Waals surface area contributed by atoms with E-state index in [1.54, 1.807) is 0 Å². The largest absolute Gasteiger partial charge is 0.390 e. The maximum Gasteiger partial charge on any atom is 0.143 e. The van der Waals surface area contributed by atoms with Gasteiger partial charge in [-0.2, -0.15) is 0 Å². The molecule has 33 heavy (non-hydrogen) atoms. The summed E-state index contributed by atoms with van der Waals surface area (Å²) in [6, 6.07) is 9.65. The van der Waals surface area contributed by atoms with Gasteiger partial charge in [-0.05, 0) is 59.5 Å². The minimum Gasteiger partial charge on any atom is -0.390 e. The van der Waals surface area contributed by atoms with E-state index in [0.717, 1.165) is 37.7 Å². The fourth-order valence-corrected chi connectivity index (χ4v) is 5.99. The quantitative estimate of drug-likeness (QED) is 0.371. The van der Waals surface area contributed by atoms with E-state index in [1.807, 2.05) is 48.0 Å². The number of aliphatic hydroxyl groups excluding tert-OH is 2. The number of hydrogen-bond donors (Lipinski definition) is 2. The van der Waals surface area contributed by atoms with E-state index in [4.69, 9.17) is 16.3 Å². The smallest absolute Gasteiger partial charge is 0.143 e. The number of benzene rings is 1. The number of halogens is 2. The lowest BCUT2D eigenvalue weighted by atomic mass is 9.80. The van der Waals surface area contributed by atoms with E-state index in [-0.39, 0.29) is 12.1 Å². The van der Waals surface area contributed by atoms with E-state index in [1.165, 1.54) is 6.33 Å². The topological polar surface area (TPSA) is 93.3 Å². The zero-order valence-corrected chi connectivity index (χ0v) is 20.2. The summed E-state index contributed by atoms with van der Waals surface area (Å²) in [6.07, 6.45) is 2.69. The molecular formula is C24H22BrClN4O3. The molecule has 9 heteroatoms. The van der Waals surface area contributed by atoms with Crippen molar-refractivity contribution >= 4 is 49.5 Å². The van der Waals surface area contributed by atoms with E-state index in [0.29, 0.717) is 24.6 Å². The summed E-state index contributed by atoms with van der Waals surface area (Å²) in [5, 5.41) is 24.5. The minimum absolute atomic E-state index is 0.190. The first-order chi connectivity index (χ1) is 15.9. The van der Waals surface area contributed by atoms with Crippen molar-refractivity contribution in [2.75, 3.05) is 6.61 Å². The summed E-state index contributed by atoms with van der Waals surface area (Å²) in [5.41, 5.74) is 2.92. The van der Waals surface area contributed by atoms with Crippen LogP contribution < -0.4 is 0 Å². The Balaban J connectivity index is 1.30. The van der Waals surface area contributed by atoms with Gasteiger partial charge in [-0.3, -0.25) is 0 Å². The molecule has 1 saturated carbocycles. The van der Waals surface area contributed by atoms with Crippen LogP contribution in [-0.4, -0.2) is 48.5 Å². The third kappa shape index (κ3) is 3.31. The molecule has 170 valence electrons. The first kappa shape index (κ1) is 21.4. The van der Waals surface area contributed by atoms with Gasteiger partial charge in [-0.25, -0.2) is 15.0 Å². The Morgan fingerprint density at radius 2 is 2.03 bits per heavy atom. The molecule has 0 unspecified atom stereocenters. The first-order valence-corrected chi connectivity index (χ1v) is 12.0. The molecule has 0 amide bonds. The molecule has 6 rings (SSSR count). The molecule has 1 saturated heterocycles. The van der Waals surface area contributed by atoms with Crippen LogP contribution in [0.4, 0.5) is 0 Å². The third-order valence-corrected chi connectivity index (χ3v) is 8.44. The molecular weight excluding hydrogens is 508 g/mol. The van der Waals surface area contributed by atoms with E-state index in [9.17, 15) is 10.2 Å². The number of aryl methyl sites for hydroxylation is 1. The summed E-state index contributed by atoms with van der Waals surface area (Å²) in [5.74, 6) is 0. The Morgan fingerprint density at radius 3 is 2.88 bits per heavy atom. The van der Waals surface area contributed by atoms with E-state index < -0.39 is 17.6 Å². The van der Waals surface area contributed by atoms with Crippen molar-refractivity contribution in [3.8, 4) is 0 Å². The molecule has 3 aromatic heterocycles. The molecule has 5 atom stereocenters. The average molecular weight is 530 g/mol. The van der Waals surface area contributed by atoms with Gasteiger partial charge in [0.15, 0.2) is 0 Å². The van der Waals surface area contributed by atoms with Crippen molar-refractivity contribution in [1.29, 1.82) is 0 Å². The molecule has 0 radical (unpaired) electrons. The average Bonchev–Trinajstić information content (AvgIpc) is 3.48. The molecule has 4 aromatic rings. The standard InChI is InChI=1S/C24H22BrClN4O3/c1-12-15-4-5-30(23(15)28-11-27-12)18-8-24(21(32)20(18)31)9-19(33-10-24)14-3-2-13-6-16(25)22(26)29-17(13)7-14/h2-7,11,18-21,31-32H,8-10H2,1H3/t18-,19+,20+,21+,24-/m1/s1. The van der Waals surface area contributed by atoms with Gasteiger partial charge in [0.2, 0.25) is 0 Å². The van der Waals surface area contributed by atoms with Crippen molar-refractivity contribution in [2.45, 2.75) is 44.1 Å². The van der Waals surface area contributed by atoms with E-state index >= 15 is 0 Å². The summed E-state index contributed by atoms with van der Waals surface area (Å²) in [6.45, 7) is 2.32. The number of aromatic nitrogens is 4. The second kappa shape index (κ2) is 7.71. The number of fused-ring (bicyclic) bond motifs is 2. The number of ether oxygens (including phenoxy) is 1. The lowest BCUT2D eigenvalue weighted by Crippen LogP contribution is -2.37. The second-order valence-electron chi connectivity index (χ2n) is 9.21. The Hall–Kier alpha value is -2.10. The predicted octanol–water partition coefficient (Wildman–Crippen LogP) is 4.52. The highest BCUT2D eigenvalue weighted by Gasteiger charge is 2.57. The van der Waals surface area contributed by atoms with Crippen LogP contribution in [0.2, 0.25) is 5.15 Å². The molecule has 1 aliphatic carbocycles. The van der Waals surface area contributed by atoms with Gasteiger partial charge >= 0.3 is 0 Å². The molecule has 7 nitrogen and oxygen atoms in total. The Labute approximate surface area is 203 Å². The highest BCUT2D eigenvalue weighted by molar-refractivity contribution is 9.10. The van der Waals surface area contributed by atoms with Gasteiger partial charge in [0.1, 0.15) is 23.2 Å². The molecule has 1 aromatic carbocycles. The zero-order chi connectivity index (χ0) is 22.9. The highest BCUT2D eigenvalue weighted by atomic mass is 79.9. The van der Waals surface area contributed by atoms with Crippen LogP contribution in [-0.2, 0) is 4.74 Å². The van der Waals surface area contributed by atoms with Crippen LogP contribution in [0, 0.1) is 12.3 Å². The Kier molecular flexibility index (Phi) is 5.01. The minimum atomic E-state index is -0.910. The first-order valence-electron chi connectivity index (χ1n) is 10.9. The number of aliphatic hydroxyl groups is 2. The molecule has 4 heterocycles. The van der Waals surface area contributed by atoms with Crippen molar-refractivity contribution < 1.29 is 14.9 Å². The SMILES string of the molecule is Cc1ncnc2c1ccn2[C@@H]1C[C@@]2(CO[C@H](c3ccc4cc(Br)c(Cl)nc4c3)C2)[C@@H](O)[C@H]1O. The van der Waals surface area contributed by atoms with Gasteiger partial charge in [0.05, 0.1) is 40.5 Å². The van der Waals surface area contributed by atoms with E-state index in [2.05, 4.69) is 30.9 Å². The fraction of sp³-hybridized carbons (Fsp3) is 0.375. The van der Waals surface area contributed by atoms with Gasteiger partial charge in [-0.1, -0.05) is 23.7 Å². The van der Waals surface area contributed by atoms with Crippen LogP contribution >= 0.6 is 27.5 Å². The van der Waals surface area contributed by atoms with Crippen LogP contribution in [0.5, 0.6) is 0 Å². The van der Waals surface area contributed by atoms with Crippen LogP contribution in [0.1, 0.15) is 36.2 Å². The summed E-state index contributed by atoms with van der Waals surface area (Å²) in [7, 11) is 0. The number of pyridine rings is 1. The lowest BCUT2D eigenvalue weighted by molar-refractivity contribution is -0.0309. The van der Waals surface area contributed by atoms with Crippen molar-refractivity contribution in [1.82, 2.24) is 19.5 Å². The molecule has 2 fully saturated rings. The van der Waals surface area contributed by atoms with Gasteiger partial charge in [0.25, 0.3) is 0 Å². The highest BCUT2D eigenvalue weighted by Crippen LogP contribution is 2.54. The molecule has 1 spiro atoms. The molecule has 0 bridgehead atoms. The summed E-state index contributed by atoms with van der Waals surface area (Å²) in [4.78, 5) is 13.2. The van der Waals surface area contributed by atoms with Crippen molar-refractivity contribution in [3.05, 3.63) is 63.7 Å². The van der Waals surface area contributed by atoms with Gasteiger partial charge in [0, 0.05) is 22.4 Å². The fourth-order valence-electron chi connectivity index (χ4n) is 5.51. The van der Waals surface area contributed by atoms with Crippen LogP contribution in [0.15, 0.2) is 47.3 Å². The summed E-state index contributed by atoms with van der Waals surface area (Å²) < 4.78 is 8.92. The Bertz CT molecular complexity index is 1400. The van der Waals surface area contributed by atoms with Crippen molar-refractivity contribution in [2.24, 2.45) is 5.41 Å². The van der Waals surface area contributed by atoms with Gasteiger partial charge in [-0.15, -0.1) is 0 Å². The monoisotopic (exact) mass is 528 g/mol. The number of nitrogens with zero attached hydrogens (tertiary/aromatic N) is 4. The number of rotatable bonds is 2. The normalized spacial score (nSPS) is 29.6. The third-order valence-electron chi connectivity index (χ3n) is 7.31. The summed E-state index contributed by atoms with van der Waals surface area (Å²) >= 11 is 9.60. The zero-order valence-electron chi connectivity index (χ0n) is 17.8. The van der Waals surface area contributed by atoms with Crippen molar-refractivity contribution in [3.63, 3.8) is 0 Å².